The molecule has 0 aromatic carbocycles. The second kappa shape index (κ2) is 65.6. The fourth-order valence-electron chi connectivity index (χ4n) is 9.06. The lowest BCUT2D eigenvalue weighted by atomic mass is 10.1. The van der Waals surface area contributed by atoms with Crippen LogP contribution in [0.4, 0.5) is 0 Å². The van der Waals surface area contributed by atoms with Crippen molar-refractivity contribution in [3.8, 4) is 0 Å². The Morgan fingerprint density at radius 2 is 0.500 bits per heavy atom. The Labute approximate surface area is 482 Å². The quantitative estimate of drug-likeness (QED) is 0.0261. The van der Waals surface area contributed by atoms with Gasteiger partial charge in [-0.15, -0.1) is 0 Å². The first-order valence-corrected chi connectivity index (χ1v) is 32.9. The summed E-state index contributed by atoms with van der Waals surface area (Å²) in [7, 11) is 0. The van der Waals surface area contributed by atoms with Crippen LogP contribution in [0.5, 0.6) is 0 Å². The van der Waals surface area contributed by atoms with Gasteiger partial charge in [0.1, 0.15) is 13.2 Å². The molecule has 0 fully saturated rings. The molecule has 0 heterocycles. The Morgan fingerprint density at radius 1 is 0.269 bits per heavy atom. The Balaban J connectivity index is 4.34. The molecule has 0 spiro atoms. The van der Waals surface area contributed by atoms with E-state index < -0.39 is 6.10 Å². The van der Waals surface area contributed by atoms with E-state index in [1.807, 2.05) is 0 Å². The molecular weight excluding hydrogens is 961 g/mol. The molecule has 0 bridgehead atoms. The number of allylic oxidation sites excluding steroid dienone is 18. The van der Waals surface area contributed by atoms with Crippen LogP contribution >= 0.6 is 0 Å². The van der Waals surface area contributed by atoms with Gasteiger partial charge in [-0.1, -0.05) is 271 Å². The number of ether oxygens (including phenoxy) is 3. The van der Waals surface area contributed by atoms with Crippen molar-refractivity contribution < 1.29 is 28.6 Å². The number of unbranched alkanes of at least 4 members (excludes halogenated alkanes) is 30. The maximum Gasteiger partial charge on any atom is 0.306 e. The van der Waals surface area contributed by atoms with Crippen molar-refractivity contribution in [1.29, 1.82) is 0 Å². The topological polar surface area (TPSA) is 78.9 Å². The third-order valence-corrected chi connectivity index (χ3v) is 14.0. The highest BCUT2D eigenvalue weighted by Gasteiger charge is 2.19. The smallest absolute Gasteiger partial charge is 0.306 e. The lowest BCUT2D eigenvalue weighted by Gasteiger charge is -2.18. The van der Waals surface area contributed by atoms with Crippen LogP contribution in [0.3, 0.4) is 0 Å². The van der Waals surface area contributed by atoms with Gasteiger partial charge in [0.15, 0.2) is 6.10 Å². The van der Waals surface area contributed by atoms with E-state index in [-0.39, 0.29) is 31.1 Å². The van der Waals surface area contributed by atoms with E-state index in [0.717, 1.165) is 116 Å². The number of carbonyl (C=O) groups is 3. The summed E-state index contributed by atoms with van der Waals surface area (Å²) in [5, 5.41) is 0. The average Bonchev–Trinajstić information content (AvgIpc) is 3.44. The number of carbonyl (C=O) groups excluding carboxylic acids is 3. The Morgan fingerprint density at radius 3 is 0.821 bits per heavy atom. The molecule has 0 aliphatic rings. The second-order valence-electron chi connectivity index (χ2n) is 21.6. The lowest BCUT2D eigenvalue weighted by molar-refractivity contribution is -0.167. The summed E-state index contributed by atoms with van der Waals surface area (Å²) < 4.78 is 16.9. The molecule has 0 saturated carbocycles. The fraction of sp³-hybridized carbons (Fsp3) is 0.708. The summed E-state index contributed by atoms with van der Waals surface area (Å²) in [4.78, 5) is 38.3. The van der Waals surface area contributed by atoms with Crippen LogP contribution in [0, 0.1) is 0 Å². The third-order valence-electron chi connectivity index (χ3n) is 14.0. The van der Waals surface area contributed by atoms with Crippen molar-refractivity contribution in [2.24, 2.45) is 0 Å². The van der Waals surface area contributed by atoms with Gasteiger partial charge in [0.05, 0.1) is 0 Å². The van der Waals surface area contributed by atoms with E-state index in [1.165, 1.54) is 154 Å². The zero-order valence-corrected chi connectivity index (χ0v) is 51.2. The zero-order valence-electron chi connectivity index (χ0n) is 51.2. The van der Waals surface area contributed by atoms with Gasteiger partial charge in [-0.25, -0.2) is 0 Å². The maximum absolute atomic E-state index is 12.9. The minimum atomic E-state index is -0.792. The summed E-state index contributed by atoms with van der Waals surface area (Å²) in [6.07, 6.45) is 89.5. The first-order valence-electron chi connectivity index (χ1n) is 32.9. The standard InChI is InChI=1S/C72H122O6/c1-4-7-10-13-16-19-22-25-27-29-31-33-35-36-38-39-41-43-45-47-50-53-56-59-62-65-71(74)77-68-69(67-76-70(73)64-61-58-55-52-49-24-21-18-15-12-9-6-3)78-72(75)66-63-60-57-54-51-48-46-44-42-40-37-34-32-30-28-26-23-20-17-14-11-8-5-2/h8,11,17-18,20-22,25-26,28-29,31-32,34-36,40,42,69H,4-7,9-10,12-16,19,23-24,27,30,33,37-39,41,43-68H2,1-3H3/b11-8-,20-17-,21-18-,25-22-,28-26-,31-29-,34-32-,36-35-,42-40-. The second-order valence-corrected chi connectivity index (χ2v) is 21.6. The molecule has 0 aliphatic carbocycles. The van der Waals surface area contributed by atoms with E-state index in [1.54, 1.807) is 0 Å². The van der Waals surface area contributed by atoms with Crippen LogP contribution in [0.15, 0.2) is 109 Å². The normalized spacial score (nSPS) is 12.8. The number of esters is 3. The molecule has 446 valence electrons. The Kier molecular flexibility index (Phi) is 62.3. The maximum atomic E-state index is 12.9. The largest absolute Gasteiger partial charge is 0.462 e. The molecule has 0 radical (unpaired) electrons. The third kappa shape index (κ3) is 62.9. The van der Waals surface area contributed by atoms with Gasteiger partial charge < -0.3 is 14.2 Å². The van der Waals surface area contributed by atoms with Gasteiger partial charge in [-0.05, 0) is 128 Å². The highest BCUT2D eigenvalue weighted by molar-refractivity contribution is 5.71. The first kappa shape index (κ1) is 74.1. The van der Waals surface area contributed by atoms with E-state index >= 15 is 0 Å². The summed E-state index contributed by atoms with van der Waals surface area (Å²) >= 11 is 0. The van der Waals surface area contributed by atoms with E-state index in [4.69, 9.17) is 14.2 Å². The Hall–Kier alpha value is -3.93. The molecule has 0 amide bonds. The van der Waals surface area contributed by atoms with Gasteiger partial charge in [0.2, 0.25) is 0 Å². The fourth-order valence-corrected chi connectivity index (χ4v) is 9.06. The highest BCUT2D eigenvalue weighted by Crippen LogP contribution is 2.16. The molecule has 0 saturated heterocycles. The van der Waals surface area contributed by atoms with E-state index in [0.29, 0.717) is 19.3 Å². The van der Waals surface area contributed by atoms with Gasteiger partial charge in [-0.3, -0.25) is 14.4 Å². The molecule has 0 aromatic rings. The Bertz CT molecular complexity index is 1570. The minimum absolute atomic E-state index is 0.0877. The number of rotatable bonds is 59. The monoisotopic (exact) mass is 1080 g/mol. The van der Waals surface area contributed by atoms with Crippen LogP contribution in [-0.2, 0) is 28.6 Å². The molecule has 0 rings (SSSR count). The van der Waals surface area contributed by atoms with E-state index in [2.05, 4.69) is 130 Å². The van der Waals surface area contributed by atoms with Crippen molar-refractivity contribution >= 4 is 17.9 Å². The highest BCUT2D eigenvalue weighted by atomic mass is 16.6. The van der Waals surface area contributed by atoms with Crippen LogP contribution < -0.4 is 0 Å². The molecule has 1 atom stereocenters. The van der Waals surface area contributed by atoms with Crippen molar-refractivity contribution in [2.45, 2.75) is 316 Å². The van der Waals surface area contributed by atoms with Crippen molar-refractivity contribution in [1.82, 2.24) is 0 Å². The van der Waals surface area contributed by atoms with Crippen molar-refractivity contribution in [3.63, 3.8) is 0 Å². The van der Waals surface area contributed by atoms with Gasteiger partial charge in [0, 0.05) is 19.3 Å². The van der Waals surface area contributed by atoms with Gasteiger partial charge >= 0.3 is 17.9 Å². The number of hydrogen-bond acceptors (Lipinski definition) is 6. The molecule has 0 N–H and O–H groups in total. The predicted octanol–water partition coefficient (Wildman–Crippen LogP) is 22.6. The molecule has 78 heavy (non-hydrogen) atoms. The summed E-state index contributed by atoms with van der Waals surface area (Å²) in [5.74, 6) is -0.904. The lowest BCUT2D eigenvalue weighted by Crippen LogP contribution is -2.30. The first-order chi connectivity index (χ1) is 38.5. The SMILES string of the molecule is CC/C=C\C/C=C\C/C=C\C/C=C\C/C=C\CCCCCCCCCC(=O)OC(COC(=O)CCCCCCC/C=C\CCCCC)COC(=O)CCCCCCCCCCCC/C=C\C/C=C\C/C=C\CCCCCCC. The van der Waals surface area contributed by atoms with Crippen LogP contribution in [0.2, 0.25) is 0 Å². The average molecular weight is 1080 g/mol. The molecule has 1 unspecified atom stereocenters. The van der Waals surface area contributed by atoms with Crippen LogP contribution in [0.25, 0.3) is 0 Å². The minimum Gasteiger partial charge on any atom is -0.462 e. The molecule has 6 heteroatoms. The van der Waals surface area contributed by atoms with Crippen LogP contribution in [0.1, 0.15) is 310 Å². The molecule has 6 nitrogen and oxygen atoms in total. The van der Waals surface area contributed by atoms with Crippen LogP contribution in [-0.4, -0.2) is 37.2 Å². The molecule has 0 aliphatic heterocycles. The molecular formula is C72H122O6. The molecule has 0 aromatic heterocycles. The number of hydrogen-bond donors (Lipinski definition) is 0. The van der Waals surface area contributed by atoms with E-state index in [9.17, 15) is 14.4 Å². The van der Waals surface area contributed by atoms with Crippen molar-refractivity contribution in [2.75, 3.05) is 13.2 Å². The summed E-state index contributed by atoms with van der Waals surface area (Å²) in [5.41, 5.74) is 0. The predicted molar refractivity (Wildman–Crippen MR) is 339 cm³/mol. The van der Waals surface area contributed by atoms with Gasteiger partial charge in [-0.2, -0.15) is 0 Å². The summed E-state index contributed by atoms with van der Waals surface area (Å²) in [6.45, 7) is 6.49. The zero-order chi connectivity index (χ0) is 56.4. The van der Waals surface area contributed by atoms with Crippen molar-refractivity contribution in [3.05, 3.63) is 109 Å². The van der Waals surface area contributed by atoms with Gasteiger partial charge in [0.25, 0.3) is 0 Å². The summed E-state index contributed by atoms with van der Waals surface area (Å²) in [6, 6.07) is 0.